The van der Waals surface area contributed by atoms with Crippen LogP contribution in [0.2, 0.25) is 0 Å². The van der Waals surface area contributed by atoms with E-state index in [2.05, 4.69) is 10.3 Å². The van der Waals surface area contributed by atoms with E-state index in [0.29, 0.717) is 18.8 Å². The minimum atomic E-state index is -4.64. The van der Waals surface area contributed by atoms with Crippen LogP contribution in [0.5, 0.6) is 0 Å². The normalized spacial score (nSPS) is 11.0. The number of esters is 1. The molecule has 0 aliphatic carbocycles. The van der Waals surface area contributed by atoms with Crippen molar-refractivity contribution in [2.75, 3.05) is 18.5 Å². The van der Waals surface area contributed by atoms with Crippen molar-refractivity contribution in [3.63, 3.8) is 0 Å². The quantitative estimate of drug-likeness (QED) is 0.346. The van der Waals surface area contributed by atoms with Crippen molar-refractivity contribution < 1.29 is 27.6 Å². The van der Waals surface area contributed by atoms with Gasteiger partial charge in [-0.3, -0.25) is 10.1 Å². The number of alkyl halides is 3. The van der Waals surface area contributed by atoms with Gasteiger partial charge in [0.1, 0.15) is 12.0 Å². The van der Waals surface area contributed by atoms with Gasteiger partial charge in [-0.1, -0.05) is 12.1 Å². The summed E-state index contributed by atoms with van der Waals surface area (Å²) in [5, 5.41) is 13.4. The molecule has 10 heteroatoms. The molecule has 26 heavy (non-hydrogen) atoms. The summed E-state index contributed by atoms with van der Waals surface area (Å²) in [4.78, 5) is 25.6. The van der Waals surface area contributed by atoms with Crippen molar-refractivity contribution in [1.82, 2.24) is 4.98 Å². The summed E-state index contributed by atoms with van der Waals surface area (Å²) in [6.45, 7) is 0.226. The zero-order chi connectivity index (χ0) is 19.2. The number of hydrogen-bond acceptors (Lipinski definition) is 6. The van der Waals surface area contributed by atoms with E-state index in [1.807, 2.05) is 0 Å². The van der Waals surface area contributed by atoms with Crippen molar-refractivity contribution >= 4 is 17.5 Å². The summed E-state index contributed by atoms with van der Waals surface area (Å²) in [5.74, 6) is -0.657. The molecule has 138 valence electrons. The zero-order valence-corrected chi connectivity index (χ0v) is 13.3. The van der Waals surface area contributed by atoms with Crippen molar-refractivity contribution in [2.24, 2.45) is 0 Å². The third kappa shape index (κ3) is 5.16. The molecule has 1 aromatic carbocycles. The molecule has 1 aromatic heterocycles. The molecule has 0 saturated heterocycles. The third-order valence-corrected chi connectivity index (χ3v) is 3.27. The molecule has 0 bridgehead atoms. The highest BCUT2D eigenvalue weighted by atomic mass is 19.4. The van der Waals surface area contributed by atoms with Gasteiger partial charge >= 0.3 is 12.1 Å². The lowest BCUT2D eigenvalue weighted by Crippen LogP contribution is -2.16. The first-order valence-electron chi connectivity index (χ1n) is 7.46. The van der Waals surface area contributed by atoms with Gasteiger partial charge in [0.2, 0.25) is 0 Å². The van der Waals surface area contributed by atoms with Crippen LogP contribution in [-0.4, -0.2) is 29.0 Å². The molecule has 0 saturated carbocycles. The van der Waals surface area contributed by atoms with Gasteiger partial charge in [0.05, 0.1) is 22.7 Å². The first-order chi connectivity index (χ1) is 12.3. The Balaban J connectivity index is 1.80. The molecule has 0 fully saturated rings. The Labute approximate surface area is 146 Å². The molecule has 2 aromatic rings. The number of aromatic nitrogens is 1. The lowest BCUT2D eigenvalue weighted by Gasteiger charge is -2.12. The summed E-state index contributed by atoms with van der Waals surface area (Å²) in [5.41, 5.74) is -1.73. The van der Waals surface area contributed by atoms with E-state index in [1.165, 1.54) is 24.3 Å². The number of pyridine rings is 1. The summed E-state index contributed by atoms with van der Waals surface area (Å²) in [7, 11) is 0. The average molecular weight is 369 g/mol. The molecule has 0 aliphatic rings. The minimum Gasteiger partial charge on any atom is -0.462 e. The van der Waals surface area contributed by atoms with E-state index in [4.69, 9.17) is 4.74 Å². The first kappa shape index (κ1) is 19.2. The summed E-state index contributed by atoms with van der Waals surface area (Å²) in [6.07, 6.45) is -3.23. The number of rotatable bonds is 7. The number of carbonyl (C=O) groups is 1. The van der Waals surface area contributed by atoms with E-state index in [0.717, 1.165) is 18.3 Å². The second kappa shape index (κ2) is 8.28. The van der Waals surface area contributed by atoms with Gasteiger partial charge in [0.25, 0.3) is 5.69 Å². The summed E-state index contributed by atoms with van der Waals surface area (Å²) < 4.78 is 43.4. The maximum Gasteiger partial charge on any atom is 0.417 e. The number of anilines is 1. The smallest absolute Gasteiger partial charge is 0.417 e. The van der Waals surface area contributed by atoms with Crippen molar-refractivity contribution in [3.8, 4) is 0 Å². The monoisotopic (exact) mass is 369 g/mol. The van der Waals surface area contributed by atoms with Crippen molar-refractivity contribution in [1.29, 1.82) is 0 Å². The summed E-state index contributed by atoms with van der Waals surface area (Å²) in [6, 6.07) is 7.10. The number of nitrogens with zero attached hydrogens (tertiary/aromatic N) is 2. The predicted molar refractivity (Wildman–Crippen MR) is 85.7 cm³/mol. The largest absolute Gasteiger partial charge is 0.462 e. The first-order valence-corrected chi connectivity index (χ1v) is 7.46. The minimum absolute atomic E-state index is 0.0923. The maximum atomic E-state index is 12.9. The number of ether oxygens (including phenoxy) is 1. The van der Waals surface area contributed by atoms with Gasteiger partial charge in [-0.15, -0.1) is 0 Å². The number of benzene rings is 1. The second-order valence-electron chi connectivity index (χ2n) is 5.12. The van der Waals surface area contributed by atoms with Gasteiger partial charge in [-0.05, 0) is 24.6 Å². The Morgan fingerprint density at radius 2 is 1.96 bits per heavy atom. The number of carbonyl (C=O) groups excluding carboxylic acids is 1. The Morgan fingerprint density at radius 3 is 2.58 bits per heavy atom. The molecule has 0 spiro atoms. The molecule has 0 radical (unpaired) electrons. The number of nitro groups is 1. The number of nitrogens with one attached hydrogen (secondary N) is 1. The van der Waals surface area contributed by atoms with Crippen LogP contribution in [0.15, 0.2) is 42.6 Å². The SMILES string of the molecule is O=C(OCCCNc1ccc([N+](=O)[O-])cn1)c1ccccc1C(F)(F)F. The molecular formula is C16H14F3N3O4. The van der Waals surface area contributed by atoms with E-state index >= 15 is 0 Å². The fourth-order valence-electron chi connectivity index (χ4n) is 2.04. The van der Waals surface area contributed by atoms with Crippen molar-refractivity contribution in [3.05, 3.63) is 63.8 Å². The van der Waals surface area contributed by atoms with Crippen LogP contribution < -0.4 is 5.32 Å². The Kier molecular flexibility index (Phi) is 6.10. The van der Waals surface area contributed by atoms with Crippen LogP contribution in [0.1, 0.15) is 22.3 Å². The highest BCUT2D eigenvalue weighted by Crippen LogP contribution is 2.32. The highest BCUT2D eigenvalue weighted by molar-refractivity contribution is 5.91. The van der Waals surface area contributed by atoms with E-state index < -0.39 is 28.2 Å². The third-order valence-electron chi connectivity index (χ3n) is 3.27. The highest BCUT2D eigenvalue weighted by Gasteiger charge is 2.35. The molecule has 0 aliphatic heterocycles. The molecule has 1 N–H and O–H groups in total. The lowest BCUT2D eigenvalue weighted by molar-refractivity contribution is -0.385. The molecule has 2 rings (SSSR count). The van der Waals surface area contributed by atoms with E-state index in [-0.39, 0.29) is 12.3 Å². The Bertz CT molecular complexity index is 779. The Hall–Kier alpha value is -3.17. The zero-order valence-electron chi connectivity index (χ0n) is 13.3. The van der Waals surface area contributed by atoms with Crippen LogP contribution in [0.3, 0.4) is 0 Å². The number of hydrogen-bond donors (Lipinski definition) is 1. The number of halogens is 3. The van der Waals surface area contributed by atoms with Gasteiger partial charge in [0.15, 0.2) is 0 Å². The van der Waals surface area contributed by atoms with Crippen LogP contribution >= 0.6 is 0 Å². The van der Waals surface area contributed by atoms with Crippen LogP contribution in [0, 0.1) is 10.1 Å². The standard InChI is InChI=1S/C16H14F3N3O4/c17-16(18,19)13-5-2-1-4-12(13)15(23)26-9-3-8-20-14-7-6-11(10-21-14)22(24)25/h1-2,4-7,10H,3,8-9H2,(H,20,21). The average Bonchev–Trinajstić information content (AvgIpc) is 2.61. The second-order valence-corrected chi connectivity index (χ2v) is 5.12. The van der Waals surface area contributed by atoms with Gasteiger partial charge in [-0.2, -0.15) is 13.2 Å². The molecule has 1 heterocycles. The van der Waals surface area contributed by atoms with Crippen molar-refractivity contribution in [2.45, 2.75) is 12.6 Å². The lowest BCUT2D eigenvalue weighted by atomic mass is 10.1. The van der Waals surface area contributed by atoms with Crippen LogP contribution in [0.4, 0.5) is 24.7 Å². The van der Waals surface area contributed by atoms with Gasteiger partial charge < -0.3 is 10.1 Å². The summed E-state index contributed by atoms with van der Waals surface area (Å²) >= 11 is 0. The topological polar surface area (TPSA) is 94.4 Å². The molecule has 0 atom stereocenters. The molecule has 0 unspecified atom stereocenters. The van der Waals surface area contributed by atoms with Crippen LogP contribution in [0.25, 0.3) is 0 Å². The van der Waals surface area contributed by atoms with E-state index in [9.17, 15) is 28.1 Å². The molecule has 7 nitrogen and oxygen atoms in total. The fourth-order valence-corrected chi connectivity index (χ4v) is 2.04. The van der Waals surface area contributed by atoms with Gasteiger partial charge in [-0.25, -0.2) is 9.78 Å². The van der Waals surface area contributed by atoms with E-state index in [1.54, 1.807) is 0 Å². The maximum absolute atomic E-state index is 12.9. The van der Waals surface area contributed by atoms with Crippen LogP contribution in [-0.2, 0) is 10.9 Å². The molecule has 0 amide bonds. The fraction of sp³-hybridized carbons (Fsp3) is 0.250. The predicted octanol–water partition coefficient (Wildman–Crippen LogP) is 3.67. The Morgan fingerprint density at radius 1 is 1.23 bits per heavy atom. The van der Waals surface area contributed by atoms with Gasteiger partial charge in [0, 0.05) is 12.6 Å². The molecular weight excluding hydrogens is 355 g/mol.